The van der Waals surface area contributed by atoms with Crippen LogP contribution >= 0.6 is 11.3 Å². The molecule has 2 fully saturated rings. The Bertz CT molecular complexity index is 1750. The lowest BCUT2D eigenvalue weighted by atomic mass is 9.95. The van der Waals surface area contributed by atoms with Crippen molar-refractivity contribution in [2.24, 2.45) is 17.0 Å². The summed E-state index contributed by atoms with van der Waals surface area (Å²) in [5.41, 5.74) is 2.22. The van der Waals surface area contributed by atoms with E-state index in [0.717, 1.165) is 41.9 Å². The van der Waals surface area contributed by atoms with E-state index in [0.29, 0.717) is 38.2 Å². The molecule has 2 aromatic carbocycles. The highest BCUT2D eigenvalue weighted by Crippen LogP contribution is 2.29. The molecule has 2 aliphatic rings. The summed E-state index contributed by atoms with van der Waals surface area (Å²) < 4.78 is 34.8. The maximum atomic E-state index is 14.4. The number of urea groups is 1. The van der Waals surface area contributed by atoms with Gasteiger partial charge in [0.25, 0.3) is 0 Å². The molecule has 5 rings (SSSR count). The number of aliphatic hydroxyl groups is 1. The number of nitroso groups, excluding NO2 is 1. The first-order chi connectivity index (χ1) is 25.5. The maximum Gasteiger partial charge on any atom is 0.321 e. The first kappa shape index (κ1) is 40.4. The van der Waals surface area contributed by atoms with Crippen molar-refractivity contribution in [2.75, 3.05) is 33.3 Å². The average molecular weight is 769 g/mol. The number of sulfonamides is 1. The number of aliphatic hydroxyl groups excluding tert-OH is 1. The molecule has 1 saturated heterocycles. The Hall–Kier alpha value is -3.76. The largest absolute Gasteiger partial charge is 0.390 e. The molecule has 1 aliphatic carbocycles. The number of methoxy groups -OCH3 is 1. The van der Waals surface area contributed by atoms with Crippen LogP contribution in [-0.2, 0) is 45.7 Å². The van der Waals surface area contributed by atoms with E-state index in [1.165, 1.54) is 27.8 Å². The zero-order chi connectivity index (χ0) is 38.0. The Kier molecular flexibility index (Phi) is 14.5. The quantitative estimate of drug-likeness (QED) is 0.149. The molecule has 53 heavy (non-hydrogen) atoms. The molecule has 2 N–H and O–H groups in total. The SMILES string of the molecule is CC[C@H](C)[C@@H](C(=O)N[C@@H](Cc1ccccc1)[C@H](O)CN(CC1CCCC1)S(=O)(=O)c1ccc(CN=O)cc1)N1CCN(Cc2csc(COC)n2)C1=O. The molecule has 0 spiro atoms. The minimum atomic E-state index is -4.06. The van der Waals surface area contributed by atoms with Gasteiger partial charge in [0.05, 0.1) is 35.9 Å². The van der Waals surface area contributed by atoms with Gasteiger partial charge in [-0.15, -0.1) is 11.3 Å². The van der Waals surface area contributed by atoms with E-state index in [1.54, 1.807) is 29.0 Å². The molecule has 2 heterocycles. The molecule has 3 amide bonds. The van der Waals surface area contributed by atoms with Gasteiger partial charge < -0.3 is 25.0 Å². The van der Waals surface area contributed by atoms with E-state index in [9.17, 15) is 28.0 Å². The van der Waals surface area contributed by atoms with Gasteiger partial charge in [0.2, 0.25) is 15.9 Å². The average Bonchev–Trinajstić information content (AvgIpc) is 3.92. The molecule has 0 radical (unpaired) electrons. The Morgan fingerprint density at radius 1 is 1.11 bits per heavy atom. The van der Waals surface area contributed by atoms with E-state index in [1.807, 2.05) is 49.6 Å². The summed E-state index contributed by atoms with van der Waals surface area (Å²) in [5, 5.41) is 20.7. The van der Waals surface area contributed by atoms with Crippen LogP contribution in [-0.4, -0.2) is 96.0 Å². The minimum absolute atomic E-state index is 0.0579. The van der Waals surface area contributed by atoms with Gasteiger partial charge >= 0.3 is 6.03 Å². The number of carbonyl (C=O) groups is 2. The normalized spacial score (nSPS) is 17.6. The van der Waals surface area contributed by atoms with Crippen molar-refractivity contribution >= 4 is 33.3 Å². The second-order valence-corrected chi connectivity index (χ2v) is 17.0. The van der Waals surface area contributed by atoms with Gasteiger partial charge in [0.1, 0.15) is 17.6 Å². The lowest BCUT2D eigenvalue weighted by Crippen LogP contribution is -2.57. The number of hydrogen-bond donors (Lipinski definition) is 2. The highest BCUT2D eigenvalue weighted by molar-refractivity contribution is 7.89. The van der Waals surface area contributed by atoms with Crippen molar-refractivity contribution in [1.29, 1.82) is 0 Å². The number of hydrogen-bond acceptors (Lipinski definition) is 10. The van der Waals surface area contributed by atoms with Gasteiger partial charge in [-0.3, -0.25) is 4.79 Å². The molecular formula is C38H52N6O7S2. The fourth-order valence-electron chi connectivity index (χ4n) is 7.24. The van der Waals surface area contributed by atoms with Gasteiger partial charge in [-0.25, -0.2) is 18.2 Å². The first-order valence-corrected chi connectivity index (χ1v) is 20.7. The Labute approximate surface area is 316 Å². The number of carbonyl (C=O) groups excluding carboxylic acids is 2. The van der Waals surface area contributed by atoms with E-state index < -0.39 is 34.1 Å². The van der Waals surface area contributed by atoms with Crippen LogP contribution in [0.5, 0.6) is 0 Å². The molecule has 1 aromatic heterocycles. The van der Waals surface area contributed by atoms with Crippen LogP contribution < -0.4 is 5.32 Å². The number of benzene rings is 2. The molecule has 3 aromatic rings. The lowest BCUT2D eigenvalue weighted by Gasteiger charge is -2.35. The topological polar surface area (TPSA) is 162 Å². The predicted octanol–water partition coefficient (Wildman–Crippen LogP) is 5.18. The summed E-state index contributed by atoms with van der Waals surface area (Å²) in [5.74, 6) is -0.444. The molecule has 1 aliphatic heterocycles. The van der Waals surface area contributed by atoms with E-state index in [4.69, 9.17) is 4.74 Å². The number of ether oxygens (including phenoxy) is 1. The van der Waals surface area contributed by atoms with Crippen LogP contribution in [0.1, 0.15) is 67.8 Å². The summed E-state index contributed by atoms with van der Waals surface area (Å²) in [6.45, 7) is 5.36. The minimum Gasteiger partial charge on any atom is -0.390 e. The predicted molar refractivity (Wildman–Crippen MR) is 203 cm³/mol. The summed E-state index contributed by atoms with van der Waals surface area (Å²) in [6.07, 6.45) is 3.43. The Balaban J connectivity index is 1.38. The molecule has 0 bridgehead atoms. The number of nitrogens with one attached hydrogen (secondary N) is 1. The van der Waals surface area contributed by atoms with Crippen molar-refractivity contribution in [1.82, 2.24) is 24.4 Å². The number of thiazole rings is 1. The highest BCUT2D eigenvalue weighted by Gasteiger charge is 2.41. The van der Waals surface area contributed by atoms with Crippen molar-refractivity contribution in [3.8, 4) is 0 Å². The summed E-state index contributed by atoms with van der Waals surface area (Å²) >= 11 is 1.47. The van der Waals surface area contributed by atoms with Crippen LogP contribution in [0.25, 0.3) is 0 Å². The van der Waals surface area contributed by atoms with Crippen LogP contribution in [0.3, 0.4) is 0 Å². The van der Waals surface area contributed by atoms with E-state index in [-0.39, 0.29) is 48.8 Å². The fraction of sp³-hybridized carbons (Fsp3) is 0.553. The van der Waals surface area contributed by atoms with Gasteiger partial charge in [-0.05, 0) is 54.4 Å². The second-order valence-electron chi connectivity index (χ2n) is 14.2. The summed E-state index contributed by atoms with van der Waals surface area (Å²) in [7, 11) is -2.45. The third-order valence-electron chi connectivity index (χ3n) is 10.4. The molecular weight excluding hydrogens is 717 g/mol. The molecule has 0 unspecified atom stereocenters. The fourth-order valence-corrected chi connectivity index (χ4v) is 9.53. The number of amides is 3. The monoisotopic (exact) mass is 768 g/mol. The smallest absolute Gasteiger partial charge is 0.321 e. The third-order valence-corrected chi connectivity index (χ3v) is 13.1. The Morgan fingerprint density at radius 2 is 1.83 bits per heavy atom. The van der Waals surface area contributed by atoms with Crippen LogP contribution in [0.15, 0.2) is 70.0 Å². The maximum absolute atomic E-state index is 14.4. The van der Waals surface area contributed by atoms with Gasteiger partial charge in [-0.2, -0.15) is 9.21 Å². The standard InChI is InChI=1S/C38H52N6O7S2/c1-4-27(2)36(44-19-18-42(38(44)47)23-31-26-52-35(40-31)25-51-3)37(46)41-33(20-28-10-6-5-7-11-28)34(45)24-43(22-30-12-8-9-13-30)53(49,50)32-16-14-29(15-17-32)21-39-48/h5-7,10-11,14-17,26-27,30,33-34,36,45H,4,8-9,12-13,18-25H2,1-3H3,(H,41,46)/t27-,33-,34+,36-/m0/s1. The number of rotatable bonds is 20. The zero-order valence-corrected chi connectivity index (χ0v) is 32.4. The summed E-state index contributed by atoms with van der Waals surface area (Å²) in [4.78, 5) is 46.9. The van der Waals surface area contributed by atoms with Crippen molar-refractivity contribution in [3.63, 3.8) is 0 Å². The molecule has 4 atom stereocenters. The summed E-state index contributed by atoms with van der Waals surface area (Å²) in [6, 6.07) is 13.6. The first-order valence-electron chi connectivity index (χ1n) is 18.4. The number of aromatic nitrogens is 1. The van der Waals surface area contributed by atoms with Crippen LogP contribution in [0.4, 0.5) is 4.79 Å². The lowest BCUT2D eigenvalue weighted by molar-refractivity contribution is -0.128. The van der Waals surface area contributed by atoms with E-state index in [2.05, 4.69) is 15.5 Å². The van der Waals surface area contributed by atoms with Crippen LogP contribution in [0.2, 0.25) is 0 Å². The molecule has 13 nitrogen and oxygen atoms in total. The molecule has 288 valence electrons. The number of nitrogens with zero attached hydrogens (tertiary/aromatic N) is 5. The van der Waals surface area contributed by atoms with Crippen molar-refractivity contribution in [2.45, 2.75) is 95.2 Å². The van der Waals surface area contributed by atoms with Gasteiger partial charge in [0.15, 0.2) is 0 Å². The highest BCUT2D eigenvalue weighted by atomic mass is 32.2. The molecule has 1 saturated carbocycles. The third kappa shape index (κ3) is 10.5. The van der Waals surface area contributed by atoms with Crippen molar-refractivity contribution in [3.05, 3.63) is 86.7 Å². The zero-order valence-electron chi connectivity index (χ0n) is 30.8. The van der Waals surface area contributed by atoms with Crippen molar-refractivity contribution < 1.29 is 27.9 Å². The van der Waals surface area contributed by atoms with Gasteiger partial charge in [-0.1, -0.05) is 80.8 Å². The van der Waals surface area contributed by atoms with E-state index >= 15 is 0 Å². The van der Waals surface area contributed by atoms with Crippen LogP contribution in [0, 0.1) is 16.7 Å². The Morgan fingerprint density at radius 3 is 2.49 bits per heavy atom. The van der Waals surface area contributed by atoms with Gasteiger partial charge in [0, 0.05) is 38.7 Å². The molecule has 15 heteroatoms. The second kappa shape index (κ2) is 19.0.